The van der Waals surface area contributed by atoms with Crippen LogP contribution >= 0.6 is 0 Å². The molecule has 6 nitrogen and oxygen atoms in total. The van der Waals surface area contributed by atoms with Crippen LogP contribution in [-0.4, -0.2) is 34.1 Å². The highest BCUT2D eigenvalue weighted by Crippen LogP contribution is 2.19. The molecule has 0 spiro atoms. The molecule has 0 saturated carbocycles. The molecule has 2 aromatic heterocycles. The van der Waals surface area contributed by atoms with Gasteiger partial charge in [-0.05, 0) is 42.6 Å². The van der Waals surface area contributed by atoms with E-state index < -0.39 is 0 Å². The largest absolute Gasteiger partial charge is 0.370 e. The number of aromatic nitrogens is 2. The molecule has 0 aromatic carbocycles. The number of aryl methyl sites for hydroxylation is 1. The van der Waals surface area contributed by atoms with E-state index in [1.165, 1.54) is 0 Å². The molecule has 2 aromatic rings. The number of anilines is 1. The van der Waals surface area contributed by atoms with E-state index in [4.69, 9.17) is 5.26 Å². The van der Waals surface area contributed by atoms with Crippen LogP contribution in [0.2, 0.25) is 0 Å². The number of nitrogens with one attached hydrogen (secondary N) is 1. The van der Waals surface area contributed by atoms with Crippen LogP contribution in [0.25, 0.3) is 0 Å². The maximum Gasteiger partial charge on any atom is 0.250 e. The minimum absolute atomic E-state index is 0.0387. The lowest BCUT2D eigenvalue weighted by atomic mass is 10.1. The molecule has 24 heavy (non-hydrogen) atoms. The summed E-state index contributed by atoms with van der Waals surface area (Å²) < 4.78 is 1.59. The van der Waals surface area contributed by atoms with Crippen LogP contribution in [0.15, 0.2) is 41.5 Å². The summed E-state index contributed by atoms with van der Waals surface area (Å²) in [5.74, 6) is 1.37. The number of nitrogens with zero attached hydrogens (tertiary/aromatic N) is 4. The first kappa shape index (κ1) is 16.2. The fourth-order valence-corrected chi connectivity index (χ4v) is 2.98. The molecule has 3 rings (SSSR count). The molecule has 0 aliphatic carbocycles. The van der Waals surface area contributed by atoms with Crippen LogP contribution in [0.3, 0.4) is 0 Å². The van der Waals surface area contributed by atoms with Crippen LogP contribution in [0.5, 0.6) is 0 Å². The van der Waals surface area contributed by atoms with Crippen molar-refractivity contribution in [3.8, 4) is 6.07 Å². The zero-order valence-corrected chi connectivity index (χ0v) is 13.8. The first-order valence-corrected chi connectivity index (χ1v) is 8.12. The van der Waals surface area contributed by atoms with E-state index in [1.807, 2.05) is 18.3 Å². The molecule has 1 aliphatic rings. The van der Waals surface area contributed by atoms with Crippen molar-refractivity contribution in [2.24, 2.45) is 13.0 Å². The van der Waals surface area contributed by atoms with Crippen molar-refractivity contribution < 1.29 is 0 Å². The summed E-state index contributed by atoms with van der Waals surface area (Å²) in [5.41, 5.74) is 1.68. The molecule has 1 fully saturated rings. The molecule has 0 unspecified atom stereocenters. The minimum atomic E-state index is 0.0387. The fourth-order valence-electron chi connectivity index (χ4n) is 2.98. The number of likely N-dealkylation sites (tertiary alicyclic amines) is 1. The number of nitriles is 1. The van der Waals surface area contributed by atoms with Gasteiger partial charge in [0.05, 0.1) is 5.56 Å². The van der Waals surface area contributed by atoms with Crippen molar-refractivity contribution in [2.45, 2.75) is 13.0 Å². The number of rotatable bonds is 5. The summed E-state index contributed by atoms with van der Waals surface area (Å²) in [7, 11) is 1.76. The SMILES string of the molecule is Cn1ccc(CN2CC[C@@H](CNc3ccc(C#N)cn3)C2)cc1=O. The van der Waals surface area contributed by atoms with Gasteiger partial charge in [-0.1, -0.05) is 0 Å². The maximum absolute atomic E-state index is 11.7. The molecule has 1 aliphatic heterocycles. The van der Waals surface area contributed by atoms with Crippen LogP contribution < -0.4 is 10.9 Å². The molecule has 0 radical (unpaired) electrons. The second-order valence-corrected chi connectivity index (χ2v) is 6.30. The molecule has 1 N–H and O–H groups in total. The lowest BCUT2D eigenvalue weighted by molar-refractivity contribution is 0.318. The molecule has 0 amide bonds. The zero-order valence-electron chi connectivity index (χ0n) is 13.8. The van der Waals surface area contributed by atoms with Gasteiger partial charge in [-0.2, -0.15) is 5.26 Å². The zero-order chi connectivity index (χ0) is 16.9. The van der Waals surface area contributed by atoms with Gasteiger partial charge < -0.3 is 9.88 Å². The van der Waals surface area contributed by atoms with E-state index in [0.29, 0.717) is 11.5 Å². The Hall–Kier alpha value is -2.65. The lowest BCUT2D eigenvalue weighted by Crippen LogP contribution is -2.24. The fraction of sp³-hybridized carbons (Fsp3) is 0.389. The summed E-state index contributed by atoms with van der Waals surface area (Å²) >= 11 is 0. The van der Waals surface area contributed by atoms with Crippen molar-refractivity contribution in [3.05, 3.63) is 58.1 Å². The summed E-state index contributed by atoms with van der Waals surface area (Å²) in [6.07, 6.45) is 4.54. The Kier molecular flexibility index (Phi) is 4.92. The minimum Gasteiger partial charge on any atom is -0.370 e. The maximum atomic E-state index is 11.7. The average molecular weight is 323 g/mol. The topological polar surface area (TPSA) is 73.9 Å². The van der Waals surface area contributed by atoms with E-state index in [9.17, 15) is 4.79 Å². The molecular weight excluding hydrogens is 302 g/mol. The Labute approximate surface area is 141 Å². The lowest BCUT2D eigenvalue weighted by Gasteiger charge is -2.16. The predicted octanol–water partition coefficient (Wildman–Crippen LogP) is 1.59. The van der Waals surface area contributed by atoms with Crippen LogP contribution in [0, 0.1) is 17.2 Å². The standard InChI is InChI=1S/C18H21N5O/c1-22-6-4-14(8-18(22)24)12-23-7-5-16(13-23)11-21-17-3-2-15(9-19)10-20-17/h2-4,6,8,10,16H,5,7,11-13H2,1H3,(H,20,21)/t16-/m0/s1. The monoisotopic (exact) mass is 323 g/mol. The van der Waals surface area contributed by atoms with Gasteiger partial charge in [-0.15, -0.1) is 0 Å². The second kappa shape index (κ2) is 7.28. The Morgan fingerprint density at radius 3 is 3.00 bits per heavy atom. The Morgan fingerprint density at radius 2 is 2.29 bits per heavy atom. The van der Waals surface area contributed by atoms with Gasteiger partial charge in [0.15, 0.2) is 0 Å². The number of pyridine rings is 2. The predicted molar refractivity (Wildman–Crippen MR) is 92.5 cm³/mol. The van der Waals surface area contributed by atoms with Gasteiger partial charge >= 0.3 is 0 Å². The van der Waals surface area contributed by atoms with Crippen LogP contribution in [-0.2, 0) is 13.6 Å². The van der Waals surface area contributed by atoms with Crippen molar-refractivity contribution in [3.63, 3.8) is 0 Å². The molecule has 124 valence electrons. The van der Waals surface area contributed by atoms with Gasteiger partial charge in [-0.25, -0.2) is 4.98 Å². The summed E-state index contributed by atoms with van der Waals surface area (Å²) in [6, 6.07) is 9.40. The van der Waals surface area contributed by atoms with Gasteiger partial charge in [-0.3, -0.25) is 9.69 Å². The molecule has 1 atom stereocenters. The van der Waals surface area contributed by atoms with E-state index in [2.05, 4.69) is 21.3 Å². The molecule has 0 bridgehead atoms. The van der Waals surface area contributed by atoms with Crippen LogP contribution in [0.1, 0.15) is 17.5 Å². The highest BCUT2D eigenvalue weighted by molar-refractivity contribution is 5.38. The second-order valence-electron chi connectivity index (χ2n) is 6.30. The first-order chi connectivity index (χ1) is 11.6. The Morgan fingerprint density at radius 1 is 1.42 bits per heavy atom. The van der Waals surface area contributed by atoms with Crippen LogP contribution in [0.4, 0.5) is 5.82 Å². The van der Waals surface area contributed by atoms with Crippen molar-refractivity contribution >= 4 is 5.82 Å². The molecule has 3 heterocycles. The van der Waals surface area contributed by atoms with E-state index in [0.717, 1.165) is 44.0 Å². The van der Waals surface area contributed by atoms with E-state index in [1.54, 1.807) is 29.9 Å². The van der Waals surface area contributed by atoms with Crippen molar-refractivity contribution in [2.75, 3.05) is 25.0 Å². The summed E-state index contributed by atoms with van der Waals surface area (Å²) in [5, 5.41) is 12.1. The summed E-state index contributed by atoms with van der Waals surface area (Å²) in [4.78, 5) is 18.3. The summed E-state index contributed by atoms with van der Waals surface area (Å²) in [6.45, 7) is 3.74. The molecule has 6 heteroatoms. The molecule has 1 saturated heterocycles. The van der Waals surface area contributed by atoms with Crippen molar-refractivity contribution in [1.29, 1.82) is 5.26 Å². The average Bonchev–Trinajstić information content (AvgIpc) is 3.04. The number of hydrogen-bond donors (Lipinski definition) is 1. The number of hydrogen-bond acceptors (Lipinski definition) is 5. The van der Waals surface area contributed by atoms with Gasteiger partial charge in [0.1, 0.15) is 11.9 Å². The van der Waals surface area contributed by atoms with Gasteiger partial charge in [0.25, 0.3) is 5.56 Å². The smallest absolute Gasteiger partial charge is 0.250 e. The van der Waals surface area contributed by atoms with Gasteiger partial charge in [0.2, 0.25) is 0 Å². The Balaban J connectivity index is 1.49. The third kappa shape index (κ3) is 4.00. The highest BCUT2D eigenvalue weighted by atomic mass is 16.1. The Bertz CT molecular complexity index is 790. The van der Waals surface area contributed by atoms with E-state index >= 15 is 0 Å². The normalized spacial score (nSPS) is 17.6. The third-order valence-corrected chi connectivity index (χ3v) is 4.41. The van der Waals surface area contributed by atoms with Crippen molar-refractivity contribution in [1.82, 2.24) is 14.5 Å². The first-order valence-electron chi connectivity index (χ1n) is 8.12. The van der Waals surface area contributed by atoms with E-state index in [-0.39, 0.29) is 5.56 Å². The van der Waals surface area contributed by atoms with Gasteiger partial charge in [0, 0.05) is 45.1 Å². The highest BCUT2D eigenvalue weighted by Gasteiger charge is 2.22. The third-order valence-electron chi connectivity index (χ3n) is 4.41. The molecular formula is C18H21N5O. The quantitative estimate of drug-likeness (QED) is 0.904.